The highest BCUT2D eigenvalue weighted by Gasteiger charge is 2.17. The van der Waals surface area contributed by atoms with Crippen molar-refractivity contribution in [1.82, 2.24) is 0 Å². The van der Waals surface area contributed by atoms with Crippen LogP contribution in [-0.4, -0.2) is 37.9 Å². The summed E-state index contributed by atoms with van der Waals surface area (Å²) in [6.45, 7) is 7.86. The topological polar surface area (TPSA) is 61.8 Å². The second-order valence-corrected chi connectivity index (χ2v) is 15.3. The molecule has 0 heterocycles. The summed E-state index contributed by atoms with van der Waals surface area (Å²) in [6, 6.07) is 0. The van der Waals surface area contributed by atoms with Gasteiger partial charge in [0.25, 0.3) is 0 Å². The Morgan fingerprint density at radius 1 is 0.360 bits per heavy atom. The number of hydrogen-bond acceptors (Lipinski definition) is 5. The molecule has 1 atom stereocenters. The molecule has 298 valence electrons. The molecule has 0 saturated carbocycles. The zero-order chi connectivity index (χ0) is 36.4. The molecule has 5 nitrogen and oxygen atoms in total. The summed E-state index contributed by atoms with van der Waals surface area (Å²) in [5, 5.41) is 0. The largest absolute Gasteiger partial charge is 0.462 e. The molecule has 0 aromatic carbocycles. The van der Waals surface area contributed by atoms with Gasteiger partial charge < -0.3 is 14.2 Å². The summed E-state index contributed by atoms with van der Waals surface area (Å²) in [7, 11) is 0. The minimum Gasteiger partial charge on any atom is -0.462 e. The van der Waals surface area contributed by atoms with E-state index in [1.807, 2.05) is 0 Å². The van der Waals surface area contributed by atoms with E-state index in [2.05, 4.69) is 20.8 Å². The number of carbonyl (C=O) groups is 2. The number of carbonyl (C=O) groups excluding carboxylic acids is 2. The molecule has 0 aliphatic carbocycles. The van der Waals surface area contributed by atoms with Crippen LogP contribution in [0.2, 0.25) is 0 Å². The van der Waals surface area contributed by atoms with Crippen LogP contribution in [0, 0.1) is 0 Å². The van der Waals surface area contributed by atoms with Gasteiger partial charge in [-0.1, -0.05) is 220 Å². The van der Waals surface area contributed by atoms with Crippen molar-refractivity contribution < 1.29 is 23.8 Å². The molecule has 1 unspecified atom stereocenters. The third-order valence-electron chi connectivity index (χ3n) is 10.1. The summed E-state index contributed by atoms with van der Waals surface area (Å²) >= 11 is 0. The van der Waals surface area contributed by atoms with E-state index in [4.69, 9.17) is 14.2 Å². The van der Waals surface area contributed by atoms with Crippen molar-refractivity contribution in [2.75, 3.05) is 19.8 Å². The molecular formula is C45H88O5. The van der Waals surface area contributed by atoms with Gasteiger partial charge in [-0.25, -0.2) is 0 Å². The molecule has 0 N–H and O–H groups in total. The first-order chi connectivity index (χ1) is 24.6. The average molecular weight is 709 g/mol. The lowest BCUT2D eigenvalue weighted by atomic mass is 10.0. The lowest BCUT2D eigenvalue weighted by Gasteiger charge is -2.18. The Hall–Kier alpha value is -1.10. The van der Waals surface area contributed by atoms with Gasteiger partial charge in [0.2, 0.25) is 0 Å². The van der Waals surface area contributed by atoms with E-state index in [-0.39, 0.29) is 18.5 Å². The molecule has 0 aromatic heterocycles. The first-order valence-corrected chi connectivity index (χ1v) is 22.6. The normalized spacial score (nSPS) is 12.0. The lowest BCUT2D eigenvalue weighted by Crippen LogP contribution is -2.30. The highest BCUT2D eigenvalue weighted by Crippen LogP contribution is 2.15. The maximum atomic E-state index is 12.7. The van der Waals surface area contributed by atoms with Gasteiger partial charge >= 0.3 is 11.9 Å². The van der Waals surface area contributed by atoms with Gasteiger partial charge in [0.1, 0.15) is 6.61 Å². The zero-order valence-electron chi connectivity index (χ0n) is 34.2. The molecule has 5 heteroatoms. The van der Waals surface area contributed by atoms with Gasteiger partial charge in [0.15, 0.2) is 6.10 Å². The van der Waals surface area contributed by atoms with Gasteiger partial charge in [0, 0.05) is 19.4 Å². The number of hydrogen-bond donors (Lipinski definition) is 0. The van der Waals surface area contributed by atoms with Crippen molar-refractivity contribution in [2.45, 2.75) is 258 Å². The van der Waals surface area contributed by atoms with Crippen LogP contribution in [-0.2, 0) is 23.8 Å². The fourth-order valence-corrected chi connectivity index (χ4v) is 6.75. The molecule has 0 aliphatic rings. The molecule has 50 heavy (non-hydrogen) atoms. The maximum absolute atomic E-state index is 12.7. The van der Waals surface area contributed by atoms with Gasteiger partial charge in [-0.2, -0.15) is 0 Å². The van der Waals surface area contributed by atoms with Crippen LogP contribution in [0.15, 0.2) is 0 Å². The Labute approximate surface area is 312 Å². The highest BCUT2D eigenvalue weighted by molar-refractivity contribution is 5.70. The molecule has 0 amide bonds. The van der Waals surface area contributed by atoms with Crippen LogP contribution >= 0.6 is 0 Å². The number of ether oxygens (including phenoxy) is 3. The van der Waals surface area contributed by atoms with Crippen LogP contribution in [0.5, 0.6) is 0 Å². The van der Waals surface area contributed by atoms with Gasteiger partial charge in [0.05, 0.1) is 6.61 Å². The van der Waals surface area contributed by atoms with Crippen LogP contribution in [0.3, 0.4) is 0 Å². The molecule has 0 saturated heterocycles. The molecule has 0 spiro atoms. The Morgan fingerprint density at radius 2 is 0.660 bits per heavy atom. The highest BCUT2D eigenvalue weighted by atomic mass is 16.6. The van der Waals surface area contributed by atoms with E-state index in [9.17, 15) is 9.59 Å². The molecule has 0 radical (unpaired) electrons. The summed E-state index contributed by atoms with van der Waals surface area (Å²) in [6.07, 6.45) is 43.7. The van der Waals surface area contributed by atoms with Crippen molar-refractivity contribution in [2.24, 2.45) is 0 Å². The molecule has 0 fully saturated rings. The number of rotatable bonds is 42. The fraction of sp³-hybridized carbons (Fsp3) is 0.956. The van der Waals surface area contributed by atoms with Crippen LogP contribution in [0.1, 0.15) is 252 Å². The molecular weight excluding hydrogens is 620 g/mol. The third kappa shape index (κ3) is 39.7. The maximum Gasteiger partial charge on any atom is 0.306 e. The van der Waals surface area contributed by atoms with Gasteiger partial charge in [-0.3, -0.25) is 9.59 Å². The van der Waals surface area contributed by atoms with Crippen molar-refractivity contribution in [1.29, 1.82) is 0 Å². The molecule has 0 bridgehead atoms. The lowest BCUT2D eigenvalue weighted by molar-refractivity contribution is -0.163. The molecule has 0 rings (SSSR count). The molecule has 0 aromatic rings. The van der Waals surface area contributed by atoms with E-state index < -0.39 is 6.10 Å². The van der Waals surface area contributed by atoms with E-state index in [1.54, 1.807) is 0 Å². The quantitative estimate of drug-likeness (QED) is 0.0466. The van der Waals surface area contributed by atoms with E-state index in [1.165, 1.54) is 186 Å². The van der Waals surface area contributed by atoms with Crippen molar-refractivity contribution >= 4 is 11.9 Å². The van der Waals surface area contributed by atoms with Crippen LogP contribution < -0.4 is 0 Å². The van der Waals surface area contributed by atoms with Crippen molar-refractivity contribution in [3.63, 3.8) is 0 Å². The first-order valence-electron chi connectivity index (χ1n) is 22.6. The van der Waals surface area contributed by atoms with Crippen LogP contribution in [0.4, 0.5) is 0 Å². The Kier molecular flexibility index (Phi) is 41.4. The standard InChI is InChI=1S/C45H88O5/c1-4-7-10-13-16-19-22-23-25-26-29-32-35-38-44(46)49-42-43(41-48-40-37-34-31-28-21-18-15-12-9-6-3)50-45(47)39-36-33-30-27-24-20-17-14-11-8-5-2/h43H,4-42H2,1-3H3. The Balaban J connectivity index is 4.18. The predicted molar refractivity (Wildman–Crippen MR) is 215 cm³/mol. The smallest absolute Gasteiger partial charge is 0.306 e. The number of unbranched alkanes of at least 4 members (excludes halogenated alkanes) is 31. The summed E-state index contributed by atoms with van der Waals surface area (Å²) in [5.74, 6) is -0.379. The minimum atomic E-state index is -0.520. The van der Waals surface area contributed by atoms with Crippen molar-refractivity contribution in [3.05, 3.63) is 0 Å². The summed E-state index contributed by atoms with van der Waals surface area (Å²) < 4.78 is 17.3. The second-order valence-electron chi connectivity index (χ2n) is 15.3. The number of esters is 2. The first kappa shape index (κ1) is 48.9. The van der Waals surface area contributed by atoms with E-state index >= 15 is 0 Å². The Morgan fingerprint density at radius 3 is 1.02 bits per heavy atom. The van der Waals surface area contributed by atoms with Crippen LogP contribution in [0.25, 0.3) is 0 Å². The van der Waals surface area contributed by atoms with Crippen molar-refractivity contribution in [3.8, 4) is 0 Å². The van der Waals surface area contributed by atoms with Gasteiger partial charge in [-0.15, -0.1) is 0 Å². The second kappa shape index (κ2) is 42.3. The monoisotopic (exact) mass is 709 g/mol. The van der Waals surface area contributed by atoms with E-state index in [0.29, 0.717) is 26.1 Å². The van der Waals surface area contributed by atoms with Gasteiger partial charge in [-0.05, 0) is 19.3 Å². The third-order valence-corrected chi connectivity index (χ3v) is 10.1. The predicted octanol–water partition coefficient (Wildman–Crippen LogP) is 14.6. The Bertz CT molecular complexity index is 680. The SMILES string of the molecule is CCCCCCCCCCCCCCCC(=O)OCC(COCCCCCCCCCCCC)OC(=O)CCCCCCCCCCCCC. The summed E-state index contributed by atoms with van der Waals surface area (Å²) in [5.41, 5.74) is 0. The summed E-state index contributed by atoms with van der Waals surface area (Å²) in [4.78, 5) is 25.2. The van der Waals surface area contributed by atoms with E-state index in [0.717, 1.165) is 32.1 Å². The fourth-order valence-electron chi connectivity index (χ4n) is 6.75. The minimum absolute atomic E-state index is 0.0965. The zero-order valence-corrected chi connectivity index (χ0v) is 34.2. The average Bonchev–Trinajstić information content (AvgIpc) is 3.11. The molecule has 0 aliphatic heterocycles.